The number of hydrogen-bond donors (Lipinski definition) is 0. The van der Waals surface area contributed by atoms with Gasteiger partial charge in [0.15, 0.2) is 0 Å². The molecule has 0 aliphatic carbocycles. The van der Waals surface area contributed by atoms with Gasteiger partial charge in [-0.25, -0.2) is 0 Å². The van der Waals surface area contributed by atoms with Gasteiger partial charge in [0.05, 0.1) is 0 Å². The summed E-state index contributed by atoms with van der Waals surface area (Å²) in [6.07, 6.45) is 0. The van der Waals surface area contributed by atoms with Crippen LogP contribution in [0, 0.1) is 0 Å². The summed E-state index contributed by atoms with van der Waals surface area (Å²) in [6.45, 7) is 0. The van der Waals surface area contributed by atoms with Crippen LogP contribution in [0.4, 0.5) is 0 Å². The molecule has 6 aromatic rings. The molecular weight excluding hydrogens is 464 g/mol. The van der Waals surface area contributed by atoms with E-state index >= 15 is 0 Å². The fourth-order valence-electron chi connectivity index (χ4n) is 4.87. The lowest BCUT2D eigenvalue weighted by Gasteiger charge is -2.19. The van der Waals surface area contributed by atoms with Crippen LogP contribution < -0.4 is 0 Å². The van der Waals surface area contributed by atoms with Crippen molar-refractivity contribution in [1.29, 1.82) is 0 Å². The molecule has 6 rings (SSSR count). The third kappa shape index (κ3) is 4.87. The second-order valence-electron chi connectivity index (χ2n) is 8.92. The first-order valence-corrected chi connectivity index (χ1v) is 13.4. The Morgan fingerprint density at radius 3 is 0.946 bits per heavy atom. The predicted octanol–water partition coefficient (Wildman–Crippen LogP) is 10.5. The quantitative estimate of drug-likeness (QED) is 0.224. The van der Waals surface area contributed by atoms with Crippen molar-refractivity contribution < 1.29 is 0 Å². The molecule has 0 bridgehead atoms. The molecule has 0 aliphatic heterocycles. The van der Waals surface area contributed by atoms with Crippen molar-refractivity contribution in [3.8, 4) is 44.5 Å². The molecular formula is C36H26S. The minimum Gasteiger partial charge on any atom is -0.0888 e. The summed E-state index contributed by atoms with van der Waals surface area (Å²) in [7, 11) is 0. The zero-order valence-electron chi connectivity index (χ0n) is 20.4. The molecule has 0 spiro atoms. The van der Waals surface area contributed by atoms with E-state index in [2.05, 4.69) is 158 Å². The van der Waals surface area contributed by atoms with E-state index in [1.54, 1.807) is 0 Å². The molecule has 176 valence electrons. The van der Waals surface area contributed by atoms with Crippen molar-refractivity contribution >= 4 is 11.8 Å². The van der Waals surface area contributed by atoms with E-state index in [0.29, 0.717) is 0 Å². The largest absolute Gasteiger partial charge is 0.0888 e. The summed E-state index contributed by atoms with van der Waals surface area (Å²) in [6, 6.07) is 56.2. The van der Waals surface area contributed by atoms with Gasteiger partial charge in [-0.2, -0.15) is 0 Å². The Balaban J connectivity index is 1.56. The van der Waals surface area contributed by atoms with E-state index in [9.17, 15) is 0 Å². The van der Waals surface area contributed by atoms with Gasteiger partial charge in [0.2, 0.25) is 0 Å². The van der Waals surface area contributed by atoms with Gasteiger partial charge < -0.3 is 0 Å². The maximum Gasteiger partial charge on any atom is 0.0207 e. The van der Waals surface area contributed by atoms with Crippen molar-refractivity contribution in [2.75, 3.05) is 0 Å². The Kier molecular flexibility index (Phi) is 6.70. The van der Waals surface area contributed by atoms with Gasteiger partial charge in [-0.15, -0.1) is 0 Å². The minimum absolute atomic E-state index is 1.23. The monoisotopic (exact) mass is 490 g/mol. The first kappa shape index (κ1) is 23.1. The summed E-state index contributed by atoms with van der Waals surface area (Å²) >= 11 is 1.85. The summed E-state index contributed by atoms with van der Waals surface area (Å²) in [5.74, 6) is 0. The number of rotatable bonds is 6. The van der Waals surface area contributed by atoms with Crippen LogP contribution in [0.1, 0.15) is 0 Å². The van der Waals surface area contributed by atoms with Gasteiger partial charge in [0, 0.05) is 20.9 Å². The highest BCUT2D eigenvalue weighted by Gasteiger charge is 2.17. The molecule has 0 amide bonds. The highest BCUT2D eigenvalue weighted by atomic mass is 32.2. The lowest BCUT2D eigenvalue weighted by molar-refractivity contribution is 1.39. The fraction of sp³-hybridized carbons (Fsp3) is 0. The van der Waals surface area contributed by atoms with Gasteiger partial charge in [-0.05, 0) is 45.5 Å². The van der Waals surface area contributed by atoms with Crippen molar-refractivity contribution in [2.24, 2.45) is 0 Å². The lowest BCUT2D eigenvalue weighted by Crippen LogP contribution is -1.91. The molecule has 0 aromatic heterocycles. The molecule has 0 fully saturated rings. The second-order valence-corrected chi connectivity index (χ2v) is 10.0. The van der Waals surface area contributed by atoms with Gasteiger partial charge in [0.1, 0.15) is 0 Å². The molecule has 6 aromatic carbocycles. The van der Waals surface area contributed by atoms with Crippen LogP contribution in [0.2, 0.25) is 0 Å². The molecule has 1 heteroatoms. The lowest BCUT2D eigenvalue weighted by atomic mass is 9.94. The molecule has 0 unspecified atom stereocenters. The van der Waals surface area contributed by atoms with E-state index in [-0.39, 0.29) is 0 Å². The van der Waals surface area contributed by atoms with Crippen molar-refractivity contribution in [3.05, 3.63) is 158 Å². The molecule has 0 heterocycles. The Morgan fingerprint density at radius 2 is 0.595 bits per heavy atom. The van der Waals surface area contributed by atoms with Crippen molar-refractivity contribution in [3.63, 3.8) is 0 Å². The van der Waals surface area contributed by atoms with Crippen LogP contribution in [-0.4, -0.2) is 0 Å². The first-order valence-electron chi connectivity index (χ1n) is 12.5. The van der Waals surface area contributed by atoms with Crippen molar-refractivity contribution in [2.45, 2.75) is 9.79 Å². The van der Waals surface area contributed by atoms with E-state index < -0.39 is 0 Å². The average molecular weight is 491 g/mol. The highest BCUT2D eigenvalue weighted by molar-refractivity contribution is 7.99. The Bertz CT molecular complexity index is 1480. The van der Waals surface area contributed by atoms with E-state index in [1.165, 1.54) is 54.3 Å². The van der Waals surface area contributed by atoms with Crippen LogP contribution in [0.5, 0.6) is 0 Å². The van der Waals surface area contributed by atoms with Crippen LogP contribution in [0.3, 0.4) is 0 Å². The van der Waals surface area contributed by atoms with E-state index in [0.717, 1.165) is 0 Å². The maximum atomic E-state index is 2.25. The third-order valence-corrected chi connectivity index (χ3v) is 7.69. The topological polar surface area (TPSA) is 0 Å². The summed E-state index contributed by atoms with van der Waals surface area (Å²) in [5, 5.41) is 0. The predicted molar refractivity (Wildman–Crippen MR) is 159 cm³/mol. The van der Waals surface area contributed by atoms with Crippen LogP contribution in [0.25, 0.3) is 44.5 Å². The van der Waals surface area contributed by atoms with Gasteiger partial charge >= 0.3 is 0 Å². The van der Waals surface area contributed by atoms with E-state index in [1.807, 2.05) is 11.8 Å². The smallest absolute Gasteiger partial charge is 0.0207 e. The highest BCUT2D eigenvalue weighted by Crippen LogP contribution is 2.46. The molecule has 37 heavy (non-hydrogen) atoms. The molecule has 0 atom stereocenters. The molecule has 0 aliphatic rings. The summed E-state index contributed by atoms with van der Waals surface area (Å²) < 4.78 is 0. The van der Waals surface area contributed by atoms with Gasteiger partial charge in [-0.1, -0.05) is 157 Å². The molecule has 0 N–H and O–H groups in total. The standard InChI is InChI=1S/C36H26S/c1-5-15-27(16-6-1)31-23-13-25-33(35(31)29-19-9-3-10-20-29)37-34-26-14-24-32(28-17-7-2-8-18-28)36(34)30-21-11-4-12-22-30/h1-26H. The minimum atomic E-state index is 1.23. The van der Waals surface area contributed by atoms with Crippen molar-refractivity contribution in [1.82, 2.24) is 0 Å². The first-order chi connectivity index (χ1) is 18.4. The molecule has 0 saturated heterocycles. The third-order valence-electron chi connectivity index (χ3n) is 6.57. The maximum absolute atomic E-state index is 2.25. The summed E-state index contributed by atoms with van der Waals surface area (Å²) in [5.41, 5.74) is 9.94. The van der Waals surface area contributed by atoms with Gasteiger partial charge in [-0.3, -0.25) is 0 Å². The second kappa shape index (κ2) is 10.7. The zero-order valence-corrected chi connectivity index (χ0v) is 21.2. The number of hydrogen-bond acceptors (Lipinski definition) is 1. The van der Waals surface area contributed by atoms with Crippen LogP contribution >= 0.6 is 11.8 Å². The van der Waals surface area contributed by atoms with Crippen LogP contribution in [-0.2, 0) is 0 Å². The summed E-state index contributed by atoms with van der Waals surface area (Å²) in [4.78, 5) is 2.49. The SMILES string of the molecule is c1ccc(-c2cccc(Sc3cccc(-c4ccccc4)c3-c3ccccc3)c2-c2ccccc2)cc1. The zero-order chi connectivity index (χ0) is 24.9. The molecule has 0 nitrogen and oxygen atoms in total. The van der Waals surface area contributed by atoms with Gasteiger partial charge in [0.25, 0.3) is 0 Å². The normalized spacial score (nSPS) is 10.8. The molecule has 0 radical (unpaired) electrons. The Hall–Kier alpha value is -4.33. The fourth-order valence-corrected chi connectivity index (χ4v) is 6.06. The Labute approximate surface area is 223 Å². The Morgan fingerprint density at radius 1 is 0.270 bits per heavy atom. The average Bonchev–Trinajstić information content (AvgIpc) is 2.99. The van der Waals surface area contributed by atoms with Crippen LogP contribution in [0.15, 0.2) is 168 Å². The number of benzene rings is 6. The van der Waals surface area contributed by atoms with E-state index in [4.69, 9.17) is 0 Å². The molecule has 0 saturated carbocycles.